The third-order valence-corrected chi connectivity index (χ3v) is 3.61. The van der Waals surface area contributed by atoms with E-state index < -0.39 is 0 Å². The molecule has 1 saturated heterocycles. The molecule has 3 rings (SSSR count). The van der Waals surface area contributed by atoms with Crippen LogP contribution >= 0.6 is 0 Å². The van der Waals surface area contributed by atoms with Gasteiger partial charge in [-0.15, -0.1) is 0 Å². The van der Waals surface area contributed by atoms with Gasteiger partial charge in [0.2, 0.25) is 0 Å². The first-order valence-electron chi connectivity index (χ1n) is 6.82. The number of benzene rings is 1. The van der Waals surface area contributed by atoms with Gasteiger partial charge in [0.05, 0.1) is 13.2 Å². The molecule has 0 spiro atoms. The fourth-order valence-corrected chi connectivity index (χ4v) is 2.47. The van der Waals surface area contributed by atoms with E-state index >= 15 is 0 Å². The third kappa shape index (κ3) is 2.75. The molecule has 0 aliphatic carbocycles. The summed E-state index contributed by atoms with van der Waals surface area (Å²) in [6.07, 6.45) is 3.08. The van der Waals surface area contributed by atoms with Crippen molar-refractivity contribution in [2.24, 2.45) is 7.05 Å². The summed E-state index contributed by atoms with van der Waals surface area (Å²) >= 11 is 0. The molecule has 1 N–H and O–H groups in total. The van der Waals surface area contributed by atoms with Crippen molar-refractivity contribution in [3.8, 4) is 5.75 Å². The molecule has 6 heteroatoms. The highest BCUT2D eigenvalue weighted by Gasteiger charge is 2.24. The number of aromatic hydroxyl groups is 1. The normalized spacial score (nSPS) is 18.7. The predicted octanol–water partition coefficient (Wildman–Crippen LogP) is 1.06. The van der Waals surface area contributed by atoms with Gasteiger partial charge >= 0.3 is 0 Å². The number of hydrogen-bond acceptors (Lipinski definition) is 5. The van der Waals surface area contributed by atoms with Gasteiger partial charge in [-0.05, 0) is 17.7 Å². The van der Waals surface area contributed by atoms with Crippen molar-refractivity contribution >= 4 is 5.82 Å². The Balaban J connectivity index is 1.86. The van der Waals surface area contributed by atoms with Crippen molar-refractivity contribution in [2.45, 2.75) is 6.10 Å². The second kappa shape index (κ2) is 5.57. The summed E-state index contributed by atoms with van der Waals surface area (Å²) in [4.78, 5) is 18.3. The lowest BCUT2D eigenvalue weighted by atomic mass is 10.1. The fourth-order valence-electron chi connectivity index (χ4n) is 2.47. The molecule has 1 aliphatic rings. The van der Waals surface area contributed by atoms with Crippen molar-refractivity contribution in [3.05, 3.63) is 52.6 Å². The molecule has 2 aromatic rings. The summed E-state index contributed by atoms with van der Waals surface area (Å²) in [5.41, 5.74) is 0.779. The van der Waals surface area contributed by atoms with Gasteiger partial charge in [0.1, 0.15) is 11.9 Å². The standard InChI is InChI=1S/C15H17N3O3/c1-17-6-5-16-14(15(17)20)18-7-8-21-13(10-18)11-3-2-4-12(19)9-11/h2-6,9,13,19H,7-8,10H2,1H3/t13-/m0/s1. The molecule has 1 aromatic carbocycles. The van der Waals surface area contributed by atoms with Gasteiger partial charge in [-0.1, -0.05) is 12.1 Å². The van der Waals surface area contributed by atoms with Crippen LogP contribution in [-0.4, -0.2) is 34.4 Å². The van der Waals surface area contributed by atoms with E-state index in [1.807, 2.05) is 11.0 Å². The van der Waals surface area contributed by atoms with Crippen molar-refractivity contribution in [3.63, 3.8) is 0 Å². The number of anilines is 1. The molecule has 0 amide bonds. The molecule has 1 aromatic heterocycles. The molecule has 21 heavy (non-hydrogen) atoms. The van der Waals surface area contributed by atoms with Crippen LogP contribution in [0.25, 0.3) is 0 Å². The molecular formula is C15H17N3O3. The molecule has 6 nitrogen and oxygen atoms in total. The van der Waals surface area contributed by atoms with E-state index in [4.69, 9.17) is 4.74 Å². The second-order valence-electron chi connectivity index (χ2n) is 5.07. The number of aryl methyl sites for hydroxylation is 1. The summed E-state index contributed by atoms with van der Waals surface area (Å²) in [6, 6.07) is 7.00. The minimum absolute atomic E-state index is 0.117. The summed E-state index contributed by atoms with van der Waals surface area (Å²) in [7, 11) is 1.71. The van der Waals surface area contributed by atoms with E-state index in [-0.39, 0.29) is 17.4 Å². The summed E-state index contributed by atoms with van der Waals surface area (Å²) in [5.74, 6) is 0.649. The molecule has 0 unspecified atom stereocenters. The Morgan fingerprint density at radius 3 is 3.10 bits per heavy atom. The van der Waals surface area contributed by atoms with Crippen molar-refractivity contribution < 1.29 is 9.84 Å². The van der Waals surface area contributed by atoms with Crippen molar-refractivity contribution in [2.75, 3.05) is 24.6 Å². The van der Waals surface area contributed by atoms with Crippen LogP contribution in [0.1, 0.15) is 11.7 Å². The summed E-state index contributed by atoms with van der Waals surface area (Å²) < 4.78 is 7.27. The molecular weight excluding hydrogens is 270 g/mol. The maximum atomic E-state index is 12.1. The first kappa shape index (κ1) is 13.6. The zero-order valence-corrected chi connectivity index (χ0v) is 11.8. The van der Waals surface area contributed by atoms with Gasteiger partial charge < -0.3 is 19.3 Å². The molecule has 0 saturated carbocycles. The lowest BCUT2D eigenvalue weighted by molar-refractivity contribution is 0.0393. The Morgan fingerprint density at radius 2 is 2.29 bits per heavy atom. The van der Waals surface area contributed by atoms with Crippen LogP contribution in [0, 0.1) is 0 Å². The fraction of sp³-hybridized carbons (Fsp3) is 0.333. The monoisotopic (exact) mass is 287 g/mol. The maximum absolute atomic E-state index is 12.1. The number of phenols is 1. The van der Waals surface area contributed by atoms with Gasteiger partial charge in [-0.3, -0.25) is 4.79 Å². The molecule has 1 aliphatic heterocycles. The minimum atomic E-state index is -0.183. The number of nitrogens with zero attached hydrogens (tertiary/aromatic N) is 3. The summed E-state index contributed by atoms with van der Waals surface area (Å²) in [6.45, 7) is 1.68. The zero-order chi connectivity index (χ0) is 14.8. The zero-order valence-electron chi connectivity index (χ0n) is 11.8. The SMILES string of the molecule is Cn1ccnc(N2CCO[C@H](c3cccc(O)c3)C2)c1=O. The lowest BCUT2D eigenvalue weighted by Gasteiger charge is -2.33. The molecule has 110 valence electrons. The van der Waals surface area contributed by atoms with E-state index in [0.29, 0.717) is 25.5 Å². The number of morpholine rings is 1. The lowest BCUT2D eigenvalue weighted by Crippen LogP contribution is -2.42. The maximum Gasteiger partial charge on any atom is 0.293 e. The number of rotatable bonds is 2. The highest BCUT2D eigenvalue weighted by atomic mass is 16.5. The van der Waals surface area contributed by atoms with Crippen molar-refractivity contribution in [1.29, 1.82) is 0 Å². The predicted molar refractivity (Wildman–Crippen MR) is 78.5 cm³/mol. The average Bonchev–Trinajstić information content (AvgIpc) is 2.50. The van der Waals surface area contributed by atoms with E-state index in [9.17, 15) is 9.90 Å². The first-order valence-corrected chi connectivity index (χ1v) is 6.82. The number of hydrogen-bond donors (Lipinski definition) is 1. The topological polar surface area (TPSA) is 67.6 Å². The highest BCUT2D eigenvalue weighted by molar-refractivity contribution is 5.38. The van der Waals surface area contributed by atoms with Crippen molar-refractivity contribution in [1.82, 2.24) is 9.55 Å². The van der Waals surface area contributed by atoms with Crippen LogP contribution in [0.4, 0.5) is 5.82 Å². The highest BCUT2D eigenvalue weighted by Crippen LogP contribution is 2.25. The van der Waals surface area contributed by atoms with Crippen LogP contribution in [0.2, 0.25) is 0 Å². The van der Waals surface area contributed by atoms with Gasteiger partial charge in [-0.25, -0.2) is 4.98 Å². The van der Waals surface area contributed by atoms with Gasteiger partial charge in [0.15, 0.2) is 5.82 Å². The minimum Gasteiger partial charge on any atom is -0.508 e. The van der Waals surface area contributed by atoms with Crippen LogP contribution in [0.3, 0.4) is 0 Å². The van der Waals surface area contributed by atoms with E-state index in [0.717, 1.165) is 5.56 Å². The Morgan fingerprint density at radius 1 is 1.43 bits per heavy atom. The van der Waals surface area contributed by atoms with Gasteiger partial charge in [0, 0.05) is 26.0 Å². The van der Waals surface area contributed by atoms with Crippen LogP contribution in [-0.2, 0) is 11.8 Å². The molecule has 1 fully saturated rings. The molecule has 0 bridgehead atoms. The van der Waals surface area contributed by atoms with Gasteiger partial charge in [0.25, 0.3) is 5.56 Å². The van der Waals surface area contributed by atoms with Gasteiger partial charge in [-0.2, -0.15) is 0 Å². The van der Waals surface area contributed by atoms with E-state index in [2.05, 4.69) is 4.98 Å². The third-order valence-electron chi connectivity index (χ3n) is 3.61. The Labute approximate surface area is 122 Å². The average molecular weight is 287 g/mol. The smallest absolute Gasteiger partial charge is 0.293 e. The molecule has 0 radical (unpaired) electrons. The Kier molecular flexibility index (Phi) is 3.62. The number of phenolic OH excluding ortho intramolecular Hbond substituents is 1. The number of ether oxygens (including phenoxy) is 1. The Bertz CT molecular complexity index is 699. The molecule has 2 heterocycles. The number of aromatic nitrogens is 2. The Hall–Kier alpha value is -2.34. The van der Waals surface area contributed by atoms with Crippen LogP contribution in [0.15, 0.2) is 41.5 Å². The van der Waals surface area contributed by atoms with Crippen LogP contribution < -0.4 is 10.5 Å². The molecule has 1 atom stereocenters. The summed E-state index contributed by atoms with van der Waals surface area (Å²) in [5, 5.41) is 9.57. The quantitative estimate of drug-likeness (QED) is 0.894. The van der Waals surface area contributed by atoms with E-state index in [1.165, 1.54) is 4.57 Å². The second-order valence-corrected chi connectivity index (χ2v) is 5.07. The largest absolute Gasteiger partial charge is 0.508 e. The first-order chi connectivity index (χ1) is 10.1. The van der Waals surface area contributed by atoms with E-state index in [1.54, 1.807) is 37.6 Å². The van der Waals surface area contributed by atoms with Crippen LogP contribution in [0.5, 0.6) is 5.75 Å².